The van der Waals surface area contributed by atoms with Crippen molar-refractivity contribution in [2.24, 2.45) is 0 Å². The Morgan fingerprint density at radius 2 is 1.83 bits per heavy atom. The lowest BCUT2D eigenvalue weighted by Crippen LogP contribution is -2.39. The molecule has 7 heteroatoms. The summed E-state index contributed by atoms with van der Waals surface area (Å²) in [6.07, 6.45) is 0. The van der Waals surface area contributed by atoms with Gasteiger partial charge in [0.25, 0.3) is 5.91 Å². The fourth-order valence-corrected chi connectivity index (χ4v) is 4.70. The van der Waals surface area contributed by atoms with E-state index in [9.17, 15) is 4.79 Å². The smallest absolute Gasteiger partial charge is 0.280 e. The Morgan fingerprint density at radius 1 is 1.13 bits per heavy atom. The van der Waals surface area contributed by atoms with E-state index < -0.39 is 0 Å². The summed E-state index contributed by atoms with van der Waals surface area (Å²) < 4.78 is 3.01. The zero-order valence-corrected chi connectivity index (χ0v) is 20.0. The minimum absolute atomic E-state index is 0.0851. The second-order valence-electron chi connectivity index (χ2n) is 8.04. The highest BCUT2D eigenvalue weighted by Gasteiger charge is 2.25. The van der Waals surface area contributed by atoms with Crippen LogP contribution in [0.5, 0.6) is 0 Å². The number of anilines is 1. The summed E-state index contributed by atoms with van der Waals surface area (Å²) in [5.74, 6) is -0.0851. The second kappa shape index (κ2) is 9.27. The molecule has 2 heterocycles. The highest BCUT2D eigenvalue weighted by Crippen LogP contribution is 2.32. The molecule has 30 heavy (non-hydrogen) atoms. The van der Waals surface area contributed by atoms with Gasteiger partial charge in [-0.2, -0.15) is 5.10 Å². The number of likely N-dealkylation sites (N-methyl/N-ethyl adjacent to an activating group) is 1. The first-order valence-corrected chi connectivity index (χ1v) is 11.6. The first-order valence-electron chi connectivity index (χ1n) is 10.7. The molecule has 0 N–H and O–H groups in total. The van der Waals surface area contributed by atoms with E-state index in [-0.39, 0.29) is 11.9 Å². The fourth-order valence-electron chi connectivity index (χ4n) is 3.65. The predicted octanol–water partition coefficient (Wildman–Crippen LogP) is 4.99. The van der Waals surface area contributed by atoms with E-state index in [1.807, 2.05) is 22.6 Å². The molecule has 0 aliphatic heterocycles. The van der Waals surface area contributed by atoms with Crippen LogP contribution in [0.25, 0.3) is 10.2 Å². The van der Waals surface area contributed by atoms with Gasteiger partial charge in [-0.3, -0.25) is 14.4 Å². The number of carbonyl (C=O) groups is 1. The highest BCUT2D eigenvalue weighted by atomic mass is 32.1. The quantitative estimate of drug-likeness (QED) is 0.508. The Bertz CT molecular complexity index is 1030. The van der Waals surface area contributed by atoms with Crippen LogP contribution >= 0.6 is 11.3 Å². The summed E-state index contributed by atoms with van der Waals surface area (Å²) >= 11 is 1.58. The number of carbonyl (C=O) groups excluding carboxylic acids is 1. The van der Waals surface area contributed by atoms with Crippen LogP contribution in [0.2, 0.25) is 0 Å². The number of rotatable bonds is 8. The van der Waals surface area contributed by atoms with Crippen molar-refractivity contribution in [2.45, 2.75) is 54.5 Å². The number of thiazole rings is 1. The number of aromatic nitrogens is 3. The topological polar surface area (TPSA) is 54.3 Å². The van der Waals surface area contributed by atoms with E-state index in [0.717, 1.165) is 40.7 Å². The summed E-state index contributed by atoms with van der Waals surface area (Å²) in [7, 11) is 0. The third-order valence-electron chi connectivity index (χ3n) is 5.71. The Hall–Kier alpha value is -2.25. The van der Waals surface area contributed by atoms with Gasteiger partial charge in [0.15, 0.2) is 10.8 Å². The van der Waals surface area contributed by atoms with Crippen molar-refractivity contribution >= 4 is 32.6 Å². The van der Waals surface area contributed by atoms with Gasteiger partial charge in [-0.25, -0.2) is 4.98 Å². The van der Waals surface area contributed by atoms with Crippen LogP contribution in [0.4, 0.5) is 5.13 Å². The molecule has 0 saturated carbocycles. The van der Waals surface area contributed by atoms with E-state index in [1.165, 1.54) is 11.1 Å². The molecule has 0 radical (unpaired) electrons. The number of nitrogens with zero attached hydrogens (tertiary/aromatic N) is 5. The highest BCUT2D eigenvalue weighted by molar-refractivity contribution is 7.22. The lowest BCUT2D eigenvalue weighted by molar-refractivity contribution is 0.0978. The summed E-state index contributed by atoms with van der Waals surface area (Å²) in [5, 5.41) is 5.34. The van der Waals surface area contributed by atoms with E-state index in [1.54, 1.807) is 11.3 Å². The van der Waals surface area contributed by atoms with Crippen molar-refractivity contribution in [3.05, 3.63) is 40.7 Å². The van der Waals surface area contributed by atoms with Gasteiger partial charge in [-0.1, -0.05) is 31.3 Å². The van der Waals surface area contributed by atoms with Crippen molar-refractivity contribution in [3.8, 4) is 0 Å². The predicted molar refractivity (Wildman–Crippen MR) is 126 cm³/mol. The third kappa shape index (κ3) is 4.42. The van der Waals surface area contributed by atoms with Crippen LogP contribution in [0.1, 0.15) is 61.0 Å². The molecule has 0 bridgehead atoms. The number of amides is 1. The summed E-state index contributed by atoms with van der Waals surface area (Å²) in [6, 6.07) is 6.32. The normalized spacial score (nSPS) is 11.8. The lowest BCUT2D eigenvalue weighted by atomic mass is 10.1. The van der Waals surface area contributed by atoms with E-state index >= 15 is 0 Å². The van der Waals surface area contributed by atoms with Crippen LogP contribution in [-0.4, -0.2) is 51.8 Å². The number of hydrogen-bond acceptors (Lipinski definition) is 5. The number of benzene rings is 1. The number of fused-ring (bicyclic) bond motifs is 1. The molecular weight excluding hydrogens is 394 g/mol. The van der Waals surface area contributed by atoms with Crippen molar-refractivity contribution in [1.29, 1.82) is 0 Å². The molecule has 0 aliphatic carbocycles. The molecule has 1 amide bonds. The SMILES string of the molecule is CCN(CC)CCN(C(=O)c1cc(C)n(C(C)C)n1)c1nc2c(C)c(C)ccc2s1. The van der Waals surface area contributed by atoms with Crippen LogP contribution in [0.15, 0.2) is 18.2 Å². The summed E-state index contributed by atoms with van der Waals surface area (Å²) in [5.41, 5.74) is 4.85. The Labute approximate surface area is 183 Å². The fraction of sp³-hybridized carbons (Fsp3) is 0.522. The van der Waals surface area contributed by atoms with E-state index in [0.29, 0.717) is 12.2 Å². The first kappa shape index (κ1) is 22.4. The van der Waals surface area contributed by atoms with Gasteiger partial charge in [0.2, 0.25) is 0 Å². The molecular formula is C23H33N5OS. The second-order valence-corrected chi connectivity index (χ2v) is 9.05. The lowest BCUT2D eigenvalue weighted by Gasteiger charge is -2.24. The van der Waals surface area contributed by atoms with Crippen LogP contribution < -0.4 is 4.90 Å². The number of hydrogen-bond donors (Lipinski definition) is 0. The van der Waals surface area contributed by atoms with Crippen LogP contribution in [-0.2, 0) is 0 Å². The van der Waals surface area contributed by atoms with Gasteiger partial charge in [-0.15, -0.1) is 0 Å². The minimum Gasteiger partial charge on any atom is -0.302 e. The van der Waals surface area contributed by atoms with Crippen molar-refractivity contribution in [3.63, 3.8) is 0 Å². The molecule has 3 rings (SSSR count). The van der Waals surface area contributed by atoms with Crippen LogP contribution in [0, 0.1) is 20.8 Å². The van der Waals surface area contributed by atoms with E-state index in [4.69, 9.17) is 4.98 Å². The maximum atomic E-state index is 13.5. The zero-order valence-electron chi connectivity index (χ0n) is 19.2. The van der Waals surface area contributed by atoms with Crippen molar-refractivity contribution in [1.82, 2.24) is 19.7 Å². The summed E-state index contributed by atoms with van der Waals surface area (Å²) in [4.78, 5) is 22.6. The Morgan fingerprint density at radius 3 is 2.43 bits per heavy atom. The standard InChI is InChI=1S/C23H33N5OS/c1-8-26(9-2)12-13-27(22(29)19-14-17(6)28(25-19)15(3)4)23-24-21-18(7)16(5)10-11-20(21)30-23/h10-11,14-15H,8-9,12-13H2,1-7H3. The molecule has 1 aromatic carbocycles. The molecule has 0 atom stereocenters. The third-order valence-corrected chi connectivity index (χ3v) is 6.76. The van der Waals surface area contributed by atoms with Gasteiger partial charge in [0.1, 0.15) is 0 Å². The zero-order chi connectivity index (χ0) is 22.0. The maximum Gasteiger partial charge on any atom is 0.280 e. The van der Waals surface area contributed by atoms with Crippen molar-refractivity contribution < 1.29 is 4.79 Å². The van der Waals surface area contributed by atoms with Gasteiger partial charge < -0.3 is 4.90 Å². The largest absolute Gasteiger partial charge is 0.302 e. The number of aryl methyl sites for hydroxylation is 3. The average molecular weight is 428 g/mol. The molecule has 6 nitrogen and oxygen atoms in total. The molecule has 162 valence electrons. The average Bonchev–Trinajstić information content (AvgIpc) is 3.32. The molecule has 0 fully saturated rings. The summed E-state index contributed by atoms with van der Waals surface area (Å²) in [6.45, 7) is 17.9. The molecule has 0 saturated heterocycles. The van der Waals surface area contributed by atoms with Crippen molar-refractivity contribution in [2.75, 3.05) is 31.1 Å². The monoisotopic (exact) mass is 427 g/mol. The molecule has 0 spiro atoms. The van der Waals surface area contributed by atoms with E-state index in [2.05, 4.69) is 63.7 Å². The maximum absolute atomic E-state index is 13.5. The van der Waals surface area contributed by atoms with Crippen LogP contribution in [0.3, 0.4) is 0 Å². The molecule has 0 unspecified atom stereocenters. The van der Waals surface area contributed by atoms with Gasteiger partial charge >= 0.3 is 0 Å². The van der Waals surface area contributed by atoms with Gasteiger partial charge in [0, 0.05) is 24.8 Å². The van der Waals surface area contributed by atoms with Gasteiger partial charge in [0.05, 0.1) is 10.2 Å². The first-order chi connectivity index (χ1) is 14.3. The van der Waals surface area contributed by atoms with Gasteiger partial charge in [-0.05, 0) is 71.0 Å². The molecule has 3 aromatic rings. The molecule has 2 aromatic heterocycles. The molecule has 0 aliphatic rings. The minimum atomic E-state index is -0.0851. The Balaban J connectivity index is 2.01. The Kier molecular flexibility index (Phi) is 6.93.